The minimum atomic E-state index is -1.06. The normalized spacial score (nSPS) is 11.2. The Morgan fingerprint density at radius 2 is 0.305 bits per heavy atom. The zero-order chi connectivity index (χ0) is 97.0. The summed E-state index contributed by atoms with van der Waals surface area (Å²) in [7, 11) is 0. The largest absolute Gasteiger partial charge is 0.460 e. The first-order valence-electron chi connectivity index (χ1n) is 39.6. The Hall–Kier alpha value is -9.82. The van der Waals surface area contributed by atoms with Gasteiger partial charge in [0.25, 0.3) is 0 Å². The van der Waals surface area contributed by atoms with Gasteiger partial charge in [-0.1, -0.05) is 92.1 Å². The molecule has 0 bridgehead atoms. The van der Waals surface area contributed by atoms with Gasteiger partial charge in [0.05, 0.1) is 172 Å². The van der Waals surface area contributed by atoms with Gasteiger partial charge in [-0.2, -0.15) is 0 Å². The van der Waals surface area contributed by atoms with Crippen molar-refractivity contribution in [2.45, 2.75) is 63.4 Å². The molecule has 42 nitrogen and oxygen atoms in total. The van der Waals surface area contributed by atoms with Crippen LogP contribution >= 0.6 is 0 Å². The Morgan fingerprint density at radius 3 is 0.414 bits per heavy atom. The van der Waals surface area contributed by atoms with Gasteiger partial charge in [-0.05, 0) is 38.2 Å². The first kappa shape index (κ1) is 129. The highest BCUT2D eigenvalue weighted by molar-refractivity contribution is 5.84. The van der Waals surface area contributed by atoms with Crippen LogP contribution < -0.4 is 0 Å². The molecule has 0 amide bonds. The van der Waals surface area contributed by atoms with Crippen LogP contribution in [0, 0.1) is 0 Å². The molecule has 0 saturated carbocycles. The molecule has 0 aromatic carbocycles. The van der Waals surface area contributed by atoms with Crippen LogP contribution in [-0.2, 0) is 181 Å². The molecule has 0 heterocycles. The molecule has 0 radical (unpaired) electrons. The van der Waals surface area contributed by atoms with E-state index in [0.717, 1.165) is 60.8 Å². The quantitative estimate of drug-likeness (QED) is 0.0170. The number of esters is 10. The summed E-state index contributed by atoms with van der Waals surface area (Å²) >= 11 is 0. The van der Waals surface area contributed by atoms with E-state index in [2.05, 4.69) is 102 Å². The third-order valence-electron chi connectivity index (χ3n) is 12.9. The van der Waals surface area contributed by atoms with Gasteiger partial charge in [-0.25, -0.2) is 47.9 Å². The fraction of sp³-hybridized carbons (Fsp3) is 0.558. The van der Waals surface area contributed by atoms with E-state index in [4.69, 9.17) is 123 Å². The van der Waals surface area contributed by atoms with Gasteiger partial charge in [-0.15, -0.1) is 0 Å². The summed E-state index contributed by atoms with van der Waals surface area (Å²) in [6.07, 6.45) is 9.83. The first-order valence-corrected chi connectivity index (χ1v) is 39.6. The molecular weight excluding hydrogens is 1700 g/mol. The van der Waals surface area contributed by atoms with Gasteiger partial charge in [0, 0.05) is 74.0 Å². The third-order valence-corrected chi connectivity index (χ3v) is 12.9. The number of aliphatic hydroxyl groups is 4. The number of ether oxygens (including phenoxy) is 28. The minimum absolute atomic E-state index is 0.0879. The lowest BCUT2D eigenvalue weighted by Crippen LogP contribution is -2.29. The van der Waals surface area contributed by atoms with Crippen LogP contribution in [0.2, 0.25) is 0 Å². The summed E-state index contributed by atoms with van der Waals surface area (Å²) in [6, 6.07) is 0. The molecule has 0 fully saturated rings. The zero-order valence-electron chi connectivity index (χ0n) is 73.8. The van der Waals surface area contributed by atoms with Crippen LogP contribution in [0.5, 0.6) is 0 Å². The van der Waals surface area contributed by atoms with Crippen molar-refractivity contribution in [3.8, 4) is 0 Å². The maximum atomic E-state index is 10.9. The van der Waals surface area contributed by atoms with Crippen molar-refractivity contribution in [1.29, 1.82) is 0 Å². The highest BCUT2D eigenvalue weighted by Crippen LogP contribution is 2.04. The second-order valence-corrected chi connectivity index (χ2v) is 22.7. The van der Waals surface area contributed by atoms with Gasteiger partial charge in [-0.3, -0.25) is 0 Å². The lowest BCUT2D eigenvalue weighted by atomic mass is 10.4. The van der Waals surface area contributed by atoms with Gasteiger partial charge in [0.15, 0.2) is 25.2 Å². The maximum Gasteiger partial charge on any atom is 0.330 e. The van der Waals surface area contributed by atoms with Crippen molar-refractivity contribution in [3.05, 3.63) is 177 Å². The fourth-order valence-corrected chi connectivity index (χ4v) is 6.99. The van der Waals surface area contributed by atoms with Crippen LogP contribution in [0.4, 0.5) is 0 Å². The predicted octanol–water partition coefficient (Wildman–Crippen LogP) is 3.04. The molecule has 128 heavy (non-hydrogen) atoms. The van der Waals surface area contributed by atoms with Gasteiger partial charge < -0.3 is 153 Å². The minimum Gasteiger partial charge on any atom is -0.460 e. The summed E-state index contributed by atoms with van der Waals surface area (Å²) in [5.41, 5.74) is 0. The van der Waals surface area contributed by atoms with E-state index in [0.29, 0.717) is 39.6 Å². The summed E-state index contributed by atoms with van der Waals surface area (Å²) in [5.74, 6) is -5.02. The van der Waals surface area contributed by atoms with E-state index in [1.165, 1.54) is 24.3 Å². The third kappa shape index (κ3) is 103. The standard InChI is InChI=1S/4C18H28O9.2C7H12O3/c4*1-4-16(19)25-9-7-22-13-15(24-11-12-27-18(21)6-3)14-23-8-10-26-17(20)5-2;2*1-3-7(8)10-6-5-9-4-2/h4*4-6,15,18,21H,1-3,7-14H2;2*3H,1,4-6H2,2H3. The molecule has 0 aliphatic carbocycles. The maximum absolute atomic E-state index is 10.9. The number of carbonyl (C=O) groups is 10. The predicted molar refractivity (Wildman–Crippen MR) is 459 cm³/mol. The molecule has 42 heteroatoms. The van der Waals surface area contributed by atoms with Crippen molar-refractivity contribution < 1.29 is 201 Å². The highest BCUT2D eigenvalue weighted by atomic mass is 16.7. The van der Waals surface area contributed by atoms with E-state index < -0.39 is 109 Å². The fourth-order valence-electron chi connectivity index (χ4n) is 6.99. The molecule has 0 rings (SSSR count). The zero-order valence-corrected chi connectivity index (χ0v) is 73.8. The molecule has 0 aliphatic heterocycles. The van der Waals surface area contributed by atoms with Crippen LogP contribution in [0.1, 0.15) is 13.8 Å². The van der Waals surface area contributed by atoms with Crippen molar-refractivity contribution in [2.24, 2.45) is 0 Å². The van der Waals surface area contributed by atoms with E-state index in [1.807, 2.05) is 13.8 Å². The Balaban J connectivity index is -0.000000361. The monoisotopic (exact) mass is 1840 g/mol. The molecule has 0 aromatic heterocycles. The Bertz CT molecular complexity index is 2490. The molecule has 732 valence electrons. The summed E-state index contributed by atoms with van der Waals surface area (Å²) in [5, 5.41) is 36.8. The molecule has 4 N–H and O–H groups in total. The number of hydrogen-bond donors (Lipinski definition) is 4. The van der Waals surface area contributed by atoms with Gasteiger partial charge >= 0.3 is 59.7 Å². The molecule has 0 spiro atoms. The average Bonchev–Trinajstić information content (AvgIpc) is 0.995. The highest BCUT2D eigenvalue weighted by Gasteiger charge is 2.17. The van der Waals surface area contributed by atoms with Crippen molar-refractivity contribution in [3.63, 3.8) is 0 Å². The summed E-state index contributed by atoms with van der Waals surface area (Å²) in [4.78, 5) is 108. The van der Waals surface area contributed by atoms with E-state index in [-0.39, 0.29) is 211 Å². The SMILES string of the molecule is C=CC(=O)OCCOCC.C=CC(=O)OCCOCC.C=CC(=O)OCCOCC(COCCOC(=O)C=C)OCCOC(O)C=C.C=CC(=O)OCCOCC(COCCOC(=O)C=C)OCCOC(O)C=C.C=CC(=O)OCCOCC(COCCOC(=O)C=C)OCCOC(O)C=C.C=CC(=O)OCCOCC(COCCOC(=O)C=C)OCCOC(O)C=C. The van der Waals surface area contributed by atoms with Crippen LogP contribution in [-0.4, -0.2) is 381 Å². The smallest absolute Gasteiger partial charge is 0.330 e. The average molecular weight is 1840 g/mol. The van der Waals surface area contributed by atoms with Crippen LogP contribution in [0.3, 0.4) is 0 Å². The van der Waals surface area contributed by atoms with Crippen molar-refractivity contribution >= 4 is 59.7 Å². The van der Waals surface area contributed by atoms with Gasteiger partial charge in [0.1, 0.15) is 90.5 Å². The molecule has 4 unspecified atom stereocenters. The molecular formula is C86H136O42. The summed E-state index contributed by atoms with van der Waals surface area (Å²) in [6.45, 7) is 57.9. The van der Waals surface area contributed by atoms with E-state index >= 15 is 0 Å². The van der Waals surface area contributed by atoms with Crippen molar-refractivity contribution in [1.82, 2.24) is 0 Å². The Labute approximate surface area is 749 Å². The number of carbonyl (C=O) groups excluding carboxylic acids is 10. The molecule has 0 aromatic rings. The van der Waals surface area contributed by atoms with E-state index in [9.17, 15) is 68.4 Å². The first-order chi connectivity index (χ1) is 61.7. The Morgan fingerprint density at radius 1 is 0.188 bits per heavy atom. The summed E-state index contributed by atoms with van der Waals surface area (Å²) < 4.78 is 143. The molecule has 0 saturated heterocycles. The number of hydrogen-bond acceptors (Lipinski definition) is 42. The lowest BCUT2D eigenvalue weighted by molar-refractivity contribution is -0.142. The van der Waals surface area contributed by atoms with Crippen molar-refractivity contribution in [2.75, 3.05) is 251 Å². The lowest BCUT2D eigenvalue weighted by Gasteiger charge is -2.18. The van der Waals surface area contributed by atoms with E-state index in [1.54, 1.807) is 0 Å². The topological polar surface area (TPSA) is 510 Å². The second kappa shape index (κ2) is 103. The molecule has 4 atom stereocenters. The number of rotatable bonds is 82. The Kier molecular flexibility index (Phi) is 103. The second-order valence-electron chi connectivity index (χ2n) is 22.7. The van der Waals surface area contributed by atoms with Crippen LogP contribution in [0.25, 0.3) is 0 Å². The number of aliphatic hydroxyl groups excluding tert-OH is 4. The molecule has 0 aliphatic rings. The van der Waals surface area contributed by atoms with Crippen LogP contribution in [0.15, 0.2) is 177 Å². The van der Waals surface area contributed by atoms with Gasteiger partial charge in [0.2, 0.25) is 0 Å².